The second-order valence-electron chi connectivity index (χ2n) is 8.21. The molecule has 1 radical (unpaired) electrons. The largest absolute Gasteiger partial charge is 3.00 e. The van der Waals surface area contributed by atoms with Gasteiger partial charge in [-0.3, -0.25) is 0 Å². The van der Waals surface area contributed by atoms with Gasteiger partial charge in [0.2, 0.25) is 0 Å². The Kier molecular flexibility index (Phi) is 108. The van der Waals surface area contributed by atoms with Gasteiger partial charge in [0, 0.05) is 17.3 Å². The van der Waals surface area contributed by atoms with Gasteiger partial charge < -0.3 is 84.5 Å². The number of rotatable bonds is 6. The summed E-state index contributed by atoms with van der Waals surface area (Å²) in [7, 11) is 19.5. The van der Waals surface area contributed by atoms with Gasteiger partial charge in [-0.1, -0.05) is 0 Å². The van der Waals surface area contributed by atoms with Crippen molar-refractivity contribution < 1.29 is 30.5 Å². The number of quaternary nitrogens is 3. The van der Waals surface area contributed by atoms with Crippen LogP contribution in [0.25, 0.3) is 0 Å². The molecule has 0 aromatic carbocycles. The summed E-state index contributed by atoms with van der Waals surface area (Å²) in [5, 5.41) is 37.5. The summed E-state index contributed by atoms with van der Waals surface area (Å²) < 4.78 is 3.05. The van der Waals surface area contributed by atoms with E-state index in [1.165, 1.54) is 0 Å². The van der Waals surface area contributed by atoms with Gasteiger partial charge in [-0.15, -0.1) is 0 Å². The van der Waals surface area contributed by atoms with E-state index in [-0.39, 0.29) is 17.1 Å². The zero-order valence-electron chi connectivity index (χ0n) is 22.0. The molecule has 0 bridgehead atoms. The van der Waals surface area contributed by atoms with Gasteiger partial charge in [0.05, 0.1) is 83.1 Å². The van der Waals surface area contributed by atoms with Crippen LogP contribution in [-0.2, 0) is 17.1 Å². The fraction of sp³-hybridized carbons (Fsp3) is 0.714. The Morgan fingerprint density at radius 2 is 0.471 bits per heavy atom. The van der Waals surface area contributed by atoms with Gasteiger partial charge in [-0.2, -0.15) is 37.9 Å². The molecule has 0 aromatic rings. The van der Waals surface area contributed by atoms with Crippen LogP contribution in [0.3, 0.4) is 0 Å². The van der Waals surface area contributed by atoms with Crippen molar-refractivity contribution in [3.63, 3.8) is 0 Å². The van der Waals surface area contributed by atoms with Gasteiger partial charge in [0.25, 0.3) is 0 Å². The molecule has 0 atom stereocenters. The molecule has 9 nitrogen and oxygen atoms in total. The molecule has 0 unspecified atom stereocenters. The van der Waals surface area contributed by atoms with E-state index in [0.29, 0.717) is 0 Å². The van der Waals surface area contributed by atoms with Gasteiger partial charge >= 0.3 is 17.1 Å². The second-order valence-corrected chi connectivity index (χ2v) is 9.55. The maximum atomic E-state index is 6.25. The molecule has 0 aliphatic heterocycles. The molecule has 0 amide bonds. The van der Waals surface area contributed by atoms with Crippen molar-refractivity contribution >= 4 is 37.9 Å². The maximum absolute atomic E-state index is 6.25. The van der Waals surface area contributed by atoms with E-state index in [9.17, 15) is 0 Å². The zero-order valence-corrected chi connectivity index (χ0v) is 25.8. The predicted octanol–water partition coefficient (Wildman–Crippen LogP) is 2.44. The summed E-state index contributed by atoms with van der Waals surface area (Å²) in [6.45, 7) is 31.9. The summed E-state index contributed by atoms with van der Waals surface area (Å²) in [6, 6.07) is 0. The molecule has 0 N–H and O–H groups in total. The predicted molar refractivity (Wildman–Crippen MR) is 140 cm³/mol. The summed E-state index contributed by atoms with van der Waals surface area (Å²) in [5.74, 6) is 2.93. The van der Waals surface area contributed by atoms with Crippen LogP contribution in [0.5, 0.6) is 0 Å². The minimum absolute atomic E-state index is 0. The van der Waals surface area contributed by atoms with Crippen LogP contribution in [0.2, 0.25) is 0 Å². The third-order valence-electron chi connectivity index (χ3n) is 2.31. The molecule has 34 heavy (non-hydrogen) atoms. The summed E-state index contributed by atoms with van der Waals surface area (Å²) in [5.41, 5.74) is 0. The molecule has 0 heterocycles. The molecular formula is C21H42FeN9S3. The topological polar surface area (TPSA) is 143 Å². The molecule has 0 saturated carbocycles. The average Bonchev–Trinajstić information content (AvgIpc) is 2.75. The average molecular weight is 573 g/mol. The van der Waals surface area contributed by atoms with Crippen LogP contribution < -0.4 is 0 Å². The third-order valence-corrected chi connectivity index (χ3v) is 2.91. The van der Waals surface area contributed by atoms with Gasteiger partial charge in [-0.05, 0) is 0 Å². The van der Waals surface area contributed by atoms with Crippen molar-refractivity contribution in [3.8, 4) is 0 Å². The van der Waals surface area contributed by atoms with Crippen LogP contribution in [-0.4, -0.2) is 114 Å². The zero-order chi connectivity index (χ0) is 29.7. The third kappa shape index (κ3) is 243. The molecule has 0 spiro atoms. The Morgan fingerprint density at radius 1 is 0.382 bits per heavy atom. The van der Waals surface area contributed by atoms with Gasteiger partial charge in [0.15, 0.2) is 0 Å². The first-order chi connectivity index (χ1) is 15.2. The van der Waals surface area contributed by atoms with E-state index in [2.05, 4.69) is 101 Å². The standard InChI is InChI=1S/3C5H13NS.6CN.Fe/c3*1-6(2,3)4-5-7;6*1-2;/h3*4-5H2,1-3H3;;;;;;;/q;;;6*-1;+3/p+3. The molecule has 0 rings (SSSR count). The molecule has 0 fully saturated rings. The molecular weight excluding hydrogens is 530 g/mol. The second kappa shape index (κ2) is 57.8. The number of hydrogen-bond donors (Lipinski definition) is 3. The van der Waals surface area contributed by atoms with E-state index >= 15 is 0 Å². The molecule has 13 heteroatoms. The fourth-order valence-electron chi connectivity index (χ4n) is 0.900. The smallest absolute Gasteiger partial charge is 0.512 e. The Bertz CT molecular complexity index is 359. The molecule has 0 aliphatic rings. The first kappa shape index (κ1) is 63.7. The molecule has 0 aromatic heterocycles. The molecule has 0 saturated heterocycles. The minimum atomic E-state index is 0. The Balaban J connectivity index is -0.0000000256. The Labute approximate surface area is 238 Å². The van der Waals surface area contributed by atoms with Crippen LogP contribution in [0, 0.1) is 71.0 Å². The van der Waals surface area contributed by atoms with E-state index < -0.39 is 0 Å². The summed E-state index contributed by atoms with van der Waals surface area (Å²) >= 11 is 12.3. The fourth-order valence-corrected chi connectivity index (χ4v) is 2.70. The van der Waals surface area contributed by atoms with Gasteiger partial charge in [0.1, 0.15) is 0 Å². The molecule has 197 valence electrons. The van der Waals surface area contributed by atoms with E-state index in [1.807, 2.05) is 0 Å². The Morgan fingerprint density at radius 3 is 0.471 bits per heavy atom. The van der Waals surface area contributed by atoms with Crippen molar-refractivity contribution in [2.24, 2.45) is 0 Å². The van der Waals surface area contributed by atoms with Crippen molar-refractivity contribution in [1.29, 1.82) is 31.6 Å². The summed E-state index contributed by atoms with van der Waals surface area (Å²) in [6.07, 6.45) is 0. The monoisotopic (exact) mass is 572 g/mol. The van der Waals surface area contributed by atoms with Crippen LogP contribution in [0.4, 0.5) is 0 Å². The van der Waals surface area contributed by atoms with Gasteiger partial charge in [-0.25, -0.2) is 0 Å². The van der Waals surface area contributed by atoms with Crippen LogP contribution in [0.15, 0.2) is 0 Å². The molecule has 0 aliphatic carbocycles. The van der Waals surface area contributed by atoms with Crippen molar-refractivity contribution in [2.75, 3.05) is 100 Å². The number of thiol groups is 3. The number of nitrogens with zero attached hydrogens (tertiary/aromatic N) is 9. The SMILES string of the molecule is C[N+](C)(C)CCS.C[N+](C)(C)CCS.C[N+](C)(C)CCS.[C-]#N.[C-]#N.[C-]#N.[C-]#N.[C-]#N.[C-]#N.[Fe+3]. The summed E-state index contributed by atoms with van der Waals surface area (Å²) in [4.78, 5) is 0. The first-order valence-electron chi connectivity index (χ1n) is 8.76. The Hall–Kier alpha value is -1.61. The van der Waals surface area contributed by atoms with E-state index in [0.717, 1.165) is 50.3 Å². The van der Waals surface area contributed by atoms with Crippen LogP contribution >= 0.6 is 37.9 Å². The first-order valence-corrected chi connectivity index (χ1v) is 10.7. The van der Waals surface area contributed by atoms with Crippen LogP contribution in [0.1, 0.15) is 0 Å². The quantitative estimate of drug-likeness (QED) is 0.193. The normalized spacial score (nSPS) is 7.76. The van der Waals surface area contributed by atoms with Crippen molar-refractivity contribution in [1.82, 2.24) is 0 Å². The maximum Gasteiger partial charge on any atom is 3.00 e. The minimum Gasteiger partial charge on any atom is -0.512 e. The number of hydrogen-bond acceptors (Lipinski definition) is 9. The van der Waals surface area contributed by atoms with Crippen molar-refractivity contribution in [2.45, 2.75) is 0 Å². The van der Waals surface area contributed by atoms with E-state index in [4.69, 9.17) is 71.0 Å². The van der Waals surface area contributed by atoms with Crippen molar-refractivity contribution in [3.05, 3.63) is 39.4 Å². The van der Waals surface area contributed by atoms with E-state index in [1.54, 1.807) is 0 Å².